The standard InChI is InChI=1S/C30H48O4/c1-25(2)13-14-30(18-32)20(15-25)19-7-8-22-26(3)11-10-23(33)27(4,17-31)21(26)9-12-28(22,5)29(19,6)16-24(30)34/h7-8,21-24,31-34H,9-18H2,1-6H3. The van der Waals surface area contributed by atoms with Gasteiger partial charge in [-0.15, -0.1) is 0 Å². The van der Waals surface area contributed by atoms with Crippen LogP contribution < -0.4 is 0 Å². The van der Waals surface area contributed by atoms with E-state index in [2.05, 4.69) is 53.7 Å². The van der Waals surface area contributed by atoms with Crippen LogP contribution in [0.2, 0.25) is 0 Å². The molecule has 4 nitrogen and oxygen atoms in total. The third-order valence-electron chi connectivity index (χ3n) is 12.7. The van der Waals surface area contributed by atoms with Gasteiger partial charge in [0.25, 0.3) is 0 Å². The maximum absolute atomic E-state index is 11.7. The minimum atomic E-state index is -0.525. The molecule has 192 valence electrons. The van der Waals surface area contributed by atoms with Crippen molar-refractivity contribution >= 4 is 0 Å². The number of aliphatic hydroxyl groups excluding tert-OH is 4. The molecule has 3 fully saturated rings. The molecule has 34 heavy (non-hydrogen) atoms. The van der Waals surface area contributed by atoms with E-state index in [-0.39, 0.29) is 40.8 Å². The number of aliphatic hydroxyl groups is 4. The molecule has 0 spiro atoms. The van der Waals surface area contributed by atoms with Crippen LogP contribution in [0.3, 0.4) is 0 Å². The van der Waals surface area contributed by atoms with E-state index in [1.165, 1.54) is 11.1 Å². The average Bonchev–Trinajstić information content (AvgIpc) is 2.77. The van der Waals surface area contributed by atoms with Gasteiger partial charge < -0.3 is 20.4 Å². The zero-order valence-corrected chi connectivity index (χ0v) is 22.3. The van der Waals surface area contributed by atoms with Gasteiger partial charge in [-0.25, -0.2) is 0 Å². The number of hydrogen-bond acceptors (Lipinski definition) is 4. The van der Waals surface area contributed by atoms with Crippen molar-refractivity contribution in [3.8, 4) is 0 Å². The molecular weight excluding hydrogens is 424 g/mol. The molecule has 0 radical (unpaired) electrons. The molecule has 0 heterocycles. The van der Waals surface area contributed by atoms with Crippen molar-refractivity contribution in [1.29, 1.82) is 0 Å². The molecule has 0 bridgehead atoms. The molecule has 0 amide bonds. The summed E-state index contributed by atoms with van der Waals surface area (Å²) in [7, 11) is 0. The van der Waals surface area contributed by atoms with Crippen molar-refractivity contribution in [2.75, 3.05) is 13.2 Å². The molecule has 9 atom stereocenters. The fourth-order valence-corrected chi connectivity index (χ4v) is 10.1. The van der Waals surface area contributed by atoms with Crippen molar-refractivity contribution in [2.45, 2.75) is 105 Å². The first-order valence-electron chi connectivity index (χ1n) is 13.7. The quantitative estimate of drug-likeness (QED) is 0.456. The lowest BCUT2D eigenvalue weighted by molar-refractivity contribution is -0.203. The Hall–Kier alpha value is -0.680. The van der Waals surface area contributed by atoms with Gasteiger partial charge in [0.2, 0.25) is 0 Å². The summed E-state index contributed by atoms with van der Waals surface area (Å²) in [5.74, 6) is 0.602. The third kappa shape index (κ3) is 2.86. The molecule has 0 aromatic carbocycles. The molecule has 0 aromatic rings. The summed E-state index contributed by atoms with van der Waals surface area (Å²) in [6.45, 7) is 14.1. The highest BCUT2D eigenvalue weighted by Crippen LogP contribution is 2.74. The van der Waals surface area contributed by atoms with E-state index in [0.29, 0.717) is 12.3 Å². The first-order chi connectivity index (χ1) is 15.7. The smallest absolute Gasteiger partial charge is 0.0664 e. The fourth-order valence-electron chi connectivity index (χ4n) is 10.1. The first kappa shape index (κ1) is 25.0. The minimum Gasteiger partial charge on any atom is -0.396 e. The molecule has 5 aliphatic rings. The monoisotopic (exact) mass is 472 g/mol. The van der Waals surface area contributed by atoms with Gasteiger partial charge in [-0.2, -0.15) is 0 Å². The molecule has 3 saturated carbocycles. The fraction of sp³-hybridized carbons (Fsp3) is 0.867. The van der Waals surface area contributed by atoms with Crippen molar-refractivity contribution in [1.82, 2.24) is 0 Å². The Morgan fingerprint density at radius 2 is 1.56 bits per heavy atom. The molecule has 5 aliphatic carbocycles. The Balaban J connectivity index is 1.68. The topological polar surface area (TPSA) is 80.9 Å². The number of hydrogen-bond donors (Lipinski definition) is 4. The van der Waals surface area contributed by atoms with Gasteiger partial charge in [-0.3, -0.25) is 0 Å². The Morgan fingerprint density at radius 1 is 0.853 bits per heavy atom. The van der Waals surface area contributed by atoms with Crippen LogP contribution in [0.25, 0.3) is 0 Å². The van der Waals surface area contributed by atoms with E-state index in [1.54, 1.807) is 0 Å². The van der Waals surface area contributed by atoms with Crippen LogP contribution in [0.15, 0.2) is 23.3 Å². The van der Waals surface area contributed by atoms with E-state index in [1.807, 2.05) is 0 Å². The zero-order chi connectivity index (χ0) is 24.9. The summed E-state index contributed by atoms with van der Waals surface area (Å²) < 4.78 is 0. The van der Waals surface area contributed by atoms with Gasteiger partial charge in [0.1, 0.15) is 0 Å². The maximum Gasteiger partial charge on any atom is 0.0664 e. The molecule has 5 rings (SSSR count). The SMILES string of the molecule is CC1(C)CCC2(CO)C(=C3C=CC4C5(C)CCC(O)C(C)(CO)C5CCC4(C)C3(C)CC2O)C1. The van der Waals surface area contributed by atoms with Crippen molar-refractivity contribution in [3.63, 3.8) is 0 Å². The predicted octanol–water partition coefficient (Wildman–Crippen LogP) is 5.00. The first-order valence-corrected chi connectivity index (χ1v) is 13.7. The Labute approximate surface area is 206 Å². The van der Waals surface area contributed by atoms with Gasteiger partial charge in [0.15, 0.2) is 0 Å². The second-order valence-corrected chi connectivity index (χ2v) is 14.7. The van der Waals surface area contributed by atoms with Gasteiger partial charge in [-0.1, -0.05) is 59.3 Å². The van der Waals surface area contributed by atoms with Crippen molar-refractivity contribution < 1.29 is 20.4 Å². The number of rotatable bonds is 2. The summed E-state index contributed by atoms with van der Waals surface area (Å²) in [5.41, 5.74) is 1.75. The lowest BCUT2D eigenvalue weighted by Crippen LogP contribution is -2.65. The van der Waals surface area contributed by atoms with Gasteiger partial charge in [0, 0.05) is 16.2 Å². The highest BCUT2D eigenvalue weighted by atomic mass is 16.3. The minimum absolute atomic E-state index is 0.00171. The molecule has 4 N–H and O–H groups in total. The number of fused-ring (bicyclic) bond motifs is 6. The molecule has 0 aliphatic heterocycles. The van der Waals surface area contributed by atoms with Crippen molar-refractivity contribution in [2.24, 2.45) is 44.3 Å². The second-order valence-electron chi connectivity index (χ2n) is 14.7. The van der Waals surface area contributed by atoms with Gasteiger partial charge in [-0.05, 0) is 85.0 Å². The zero-order valence-electron chi connectivity index (χ0n) is 22.3. The highest BCUT2D eigenvalue weighted by molar-refractivity contribution is 5.47. The predicted molar refractivity (Wildman–Crippen MR) is 135 cm³/mol. The molecular formula is C30H48O4. The van der Waals surface area contributed by atoms with Gasteiger partial charge >= 0.3 is 0 Å². The van der Waals surface area contributed by atoms with Crippen LogP contribution >= 0.6 is 0 Å². The van der Waals surface area contributed by atoms with E-state index in [9.17, 15) is 20.4 Å². The molecule has 9 unspecified atom stereocenters. The lowest BCUT2D eigenvalue weighted by Gasteiger charge is -2.70. The summed E-state index contributed by atoms with van der Waals surface area (Å²) >= 11 is 0. The lowest BCUT2D eigenvalue weighted by atomic mass is 9.35. The van der Waals surface area contributed by atoms with E-state index in [0.717, 1.165) is 44.9 Å². The molecule has 4 heteroatoms. The third-order valence-corrected chi connectivity index (χ3v) is 12.7. The second kappa shape index (κ2) is 7.43. The Kier molecular flexibility index (Phi) is 5.46. The normalized spacial score (nSPS) is 54.1. The summed E-state index contributed by atoms with van der Waals surface area (Å²) in [4.78, 5) is 0. The van der Waals surface area contributed by atoms with Gasteiger partial charge in [0.05, 0.1) is 25.4 Å². The van der Waals surface area contributed by atoms with Crippen LogP contribution in [0.1, 0.15) is 92.9 Å². The van der Waals surface area contributed by atoms with E-state index in [4.69, 9.17) is 0 Å². The molecule has 0 saturated heterocycles. The van der Waals surface area contributed by atoms with Crippen LogP contribution in [0.4, 0.5) is 0 Å². The van der Waals surface area contributed by atoms with Crippen LogP contribution in [-0.2, 0) is 0 Å². The van der Waals surface area contributed by atoms with E-state index < -0.39 is 23.0 Å². The van der Waals surface area contributed by atoms with E-state index >= 15 is 0 Å². The van der Waals surface area contributed by atoms with Crippen molar-refractivity contribution in [3.05, 3.63) is 23.3 Å². The van der Waals surface area contributed by atoms with Crippen LogP contribution in [0.5, 0.6) is 0 Å². The summed E-state index contributed by atoms with van der Waals surface area (Å²) in [6.07, 6.45) is 11.1. The maximum atomic E-state index is 11.7. The Bertz CT molecular complexity index is 921. The van der Waals surface area contributed by atoms with Crippen LogP contribution in [-0.4, -0.2) is 45.8 Å². The summed E-state index contributed by atoms with van der Waals surface area (Å²) in [5, 5.41) is 43.6. The summed E-state index contributed by atoms with van der Waals surface area (Å²) in [6, 6.07) is 0. The number of allylic oxidation sites excluding steroid dienone is 3. The van der Waals surface area contributed by atoms with Crippen LogP contribution in [0, 0.1) is 44.3 Å². The Morgan fingerprint density at radius 3 is 2.21 bits per heavy atom. The highest BCUT2D eigenvalue weighted by Gasteiger charge is 2.68. The largest absolute Gasteiger partial charge is 0.396 e. The average molecular weight is 473 g/mol. The molecule has 0 aromatic heterocycles.